The van der Waals surface area contributed by atoms with Gasteiger partial charge in [0.1, 0.15) is 0 Å². The van der Waals surface area contributed by atoms with Crippen LogP contribution in [0.5, 0.6) is 0 Å². The van der Waals surface area contributed by atoms with Crippen molar-refractivity contribution < 1.29 is 0 Å². The third kappa shape index (κ3) is 4.64. The predicted molar refractivity (Wildman–Crippen MR) is 103 cm³/mol. The molecule has 1 rings (SSSR count). The molecular formula is C16H40N4Si2. The van der Waals surface area contributed by atoms with Gasteiger partial charge in [-0.25, -0.2) is 0 Å². The highest BCUT2D eigenvalue weighted by Crippen LogP contribution is 2.33. The summed E-state index contributed by atoms with van der Waals surface area (Å²) in [4.78, 5) is 0. The van der Waals surface area contributed by atoms with E-state index in [9.17, 15) is 0 Å². The average molecular weight is 345 g/mol. The molecular weight excluding hydrogens is 304 g/mol. The van der Waals surface area contributed by atoms with Crippen LogP contribution in [0.1, 0.15) is 83.1 Å². The Morgan fingerprint density at radius 2 is 0.500 bits per heavy atom. The number of hydrogen-bond donors (Lipinski definition) is 0. The van der Waals surface area contributed by atoms with Gasteiger partial charge in [0, 0.05) is 22.2 Å². The van der Waals surface area contributed by atoms with E-state index in [0.29, 0.717) is 0 Å². The number of hydrazine groups is 2. The van der Waals surface area contributed by atoms with Gasteiger partial charge < -0.3 is 0 Å². The van der Waals surface area contributed by atoms with Gasteiger partial charge in [-0.15, -0.1) is 0 Å². The second-order valence-corrected chi connectivity index (χ2v) is 13.5. The molecule has 0 N–H and O–H groups in total. The van der Waals surface area contributed by atoms with E-state index in [1.54, 1.807) is 0 Å². The van der Waals surface area contributed by atoms with E-state index < -0.39 is 19.7 Å². The summed E-state index contributed by atoms with van der Waals surface area (Å²) in [6.07, 6.45) is 0. The van der Waals surface area contributed by atoms with Crippen LogP contribution >= 0.6 is 0 Å². The van der Waals surface area contributed by atoms with Crippen LogP contribution in [0, 0.1) is 0 Å². The molecule has 1 fully saturated rings. The van der Waals surface area contributed by atoms with Gasteiger partial charge in [-0.2, -0.15) is 0 Å². The summed E-state index contributed by atoms with van der Waals surface area (Å²) in [6, 6.07) is 0. The average Bonchev–Trinajstić information content (AvgIpc) is 2.22. The van der Waals surface area contributed by atoms with Gasteiger partial charge in [0.2, 0.25) is 19.7 Å². The maximum atomic E-state index is 2.73. The maximum absolute atomic E-state index is 2.73. The Hall–Kier alpha value is 0.274. The van der Waals surface area contributed by atoms with Crippen molar-refractivity contribution in [1.82, 2.24) is 18.7 Å². The maximum Gasteiger partial charge on any atom is 0.203 e. The fourth-order valence-electron chi connectivity index (χ4n) is 2.86. The summed E-state index contributed by atoms with van der Waals surface area (Å²) in [5.41, 5.74) is 0.778. The zero-order valence-corrected chi connectivity index (χ0v) is 20.0. The van der Waals surface area contributed by atoms with Crippen LogP contribution in [0.3, 0.4) is 0 Å². The van der Waals surface area contributed by atoms with E-state index in [1.165, 1.54) is 0 Å². The minimum Gasteiger partial charge on any atom is -0.252 e. The standard InChI is InChI=1S/C16H40N4Si2/c1-13(2,3)17-18(14(4,5)6)22-20(16(10,11)12)19(21-17)15(7,8)9/h21-22H2,1-12H3. The molecule has 1 heterocycles. The summed E-state index contributed by atoms with van der Waals surface area (Å²) < 4.78 is 10.9. The zero-order chi connectivity index (χ0) is 17.7. The normalized spacial score (nSPS) is 24.5. The fraction of sp³-hybridized carbons (Fsp3) is 1.00. The molecule has 0 amide bonds. The van der Waals surface area contributed by atoms with Crippen LogP contribution in [-0.4, -0.2) is 60.5 Å². The van der Waals surface area contributed by atoms with Crippen LogP contribution in [0.2, 0.25) is 0 Å². The number of nitrogens with zero attached hydrogens (tertiary/aromatic N) is 4. The first-order valence-corrected chi connectivity index (χ1v) is 11.1. The van der Waals surface area contributed by atoms with Gasteiger partial charge in [0.15, 0.2) is 0 Å². The minimum atomic E-state index is -0.573. The molecule has 0 spiro atoms. The molecule has 0 radical (unpaired) electrons. The molecule has 6 heteroatoms. The van der Waals surface area contributed by atoms with Crippen LogP contribution < -0.4 is 0 Å². The third-order valence-electron chi connectivity index (χ3n) is 4.22. The summed E-state index contributed by atoms with van der Waals surface area (Å²) in [7, 11) is -1.15. The van der Waals surface area contributed by atoms with Gasteiger partial charge in [-0.1, -0.05) is 0 Å². The molecule has 0 aromatic carbocycles. The molecule has 0 atom stereocenters. The molecule has 0 aromatic rings. The fourth-order valence-corrected chi connectivity index (χ4v) is 8.44. The SMILES string of the molecule is CC(C)(C)N1[SiH2]N(C(C)(C)C)N(C(C)(C)C)[SiH2]N1C(C)(C)C. The van der Waals surface area contributed by atoms with Crippen molar-refractivity contribution in [2.75, 3.05) is 0 Å². The second kappa shape index (κ2) is 5.97. The van der Waals surface area contributed by atoms with Crippen molar-refractivity contribution in [1.29, 1.82) is 0 Å². The highest BCUT2D eigenvalue weighted by Gasteiger charge is 2.46. The highest BCUT2D eigenvalue weighted by molar-refractivity contribution is 6.38. The van der Waals surface area contributed by atoms with Gasteiger partial charge in [0.05, 0.1) is 0 Å². The number of rotatable bonds is 0. The van der Waals surface area contributed by atoms with Crippen molar-refractivity contribution in [3.63, 3.8) is 0 Å². The van der Waals surface area contributed by atoms with Crippen molar-refractivity contribution >= 4 is 19.7 Å². The van der Waals surface area contributed by atoms with Crippen LogP contribution in [-0.2, 0) is 0 Å². The first-order valence-electron chi connectivity index (χ1n) is 8.56. The van der Waals surface area contributed by atoms with Gasteiger partial charge in [0.25, 0.3) is 0 Å². The molecule has 1 aliphatic heterocycles. The summed E-state index contributed by atoms with van der Waals surface area (Å²) in [6.45, 7) is 28.3. The minimum absolute atomic E-state index is 0.194. The summed E-state index contributed by atoms with van der Waals surface area (Å²) in [5, 5.41) is 0. The first kappa shape index (κ1) is 20.3. The van der Waals surface area contributed by atoms with Crippen molar-refractivity contribution in [2.24, 2.45) is 0 Å². The van der Waals surface area contributed by atoms with E-state index in [2.05, 4.69) is 102 Å². The Morgan fingerprint density at radius 1 is 0.364 bits per heavy atom. The third-order valence-corrected chi connectivity index (χ3v) is 11.2. The Kier molecular flexibility index (Phi) is 5.51. The molecule has 0 aliphatic carbocycles. The lowest BCUT2D eigenvalue weighted by Gasteiger charge is -2.63. The molecule has 0 aromatic heterocycles. The summed E-state index contributed by atoms with van der Waals surface area (Å²) in [5.74, 6) is 0. The molecule has 1 aliphatic rings. The molecule has 1 saturated heterocycles. The van der Waals surface area contributed by atoms with Crippen molar-refractivity contribution in [2.45, 2.75) is 105 Å². The Balaban J connectivity index is 3.30. The van der Waals surface area contributed by atoms with Crippen LogP contribution in [0.15, 0.2) is 0 Å². The zero-order valence-electron chi connectivity index (χ0n) is 17.2. The van der Waals surface area contributed by atoms with E-state index in [1.807, 2.05) is 0 Å². The molecule has 132 valence electrons. The molecule has 22 heavy (non-hydrogen) atoms. The van der Waals surface area contributed by atoms with E-state index in [4.69, 9.17) is 0 Å². The molecule has 0 unspecified atom stereocenters. The Morgan fingerprint density at radius 3 is 0.591 bits per heavy atom. The lowest BCUT2D eigenvalue weighted by atomic mass is 10.1. The quantitative estimate of drug-likeness (QED) is 0.625. The van der Waals surface area contributed by atoms with E-state index in [-0.39, 0.29) is 22.2 Å². The molecule has 0 bridgehead atoms. The first-order chi connectivity index (χ1) is 9.45. The Labute approximate surface area is 144 Å². The molecule has 0 saturated carbocycles. The highest BCUT2D eigenvalue weighted by atomic mass is 28.2. The van der Waals surface area contributed by atoms with E-state index in [0.717, 1.165) is 0 Å². The van der Waals surface area contributed by atoms with E-state index >= 15 is 0 Å². The largest absolute Gasteiger partial charge is 0.252 e. The van der Waals surface area contributed by atoms with Crippen LogP contribution in [0.4, 0.5) is 0 Å². The van der Waals surface area contributed by atoms with Gasteiger partial charge >= 0.3 is 0 Å². The second-order valence-electron chi connectivity index (χ2n) is 10.6. The Bertz CT molecular complexity index is 311. The monoisotopic (exact) mass is 344 g/mol. The van der Waals surface area contributed by atoms with Crippen LogP contribution in [0.25, 0.3) is 0 Å². The molecule has 4 nitrogen and oxygen atoms in total. The lowest BCUT2D eigenvalue weighted by Crippen LogP contribution is -2.79. The van der Waals surface area contributed by atoms with Gasteiger partial charge in [-0.3, -0.25) is 18.7 Å². The number of hydrogen-bond acceptors (Lipinski definition) is 4. The lowest BCUT2D eigenvalue weighted by molar-refractivity contribution is -0.0976. The van der Waals surface area contributed by atoms with Crippen molar-refractivity contribution in [3.05, 3.63) is 0 Å². The smallest absolute Gasteiger partial charge is 0.203 e. The van der Waals surface area contributed by atoms with Crippen molar-refractivity contribution in [3.8, 4) is 0 Å². The summed E-state index contributed by atoms with van der Waals surface area (Å²) >= 11 is 0. The predicted octanol–water partition coefficient (Wildman–Crippen LogP) is 2.23. The topological polar surface area (TPSA) is 13.0 Å². The van der Waals surface area contributed by atoms with Gasteiger partial charge in [-0.05, 0) is 83.1 Å².